The lowest BCUT2D eigenvalue weighted by Gasteiger charge is -2.17. The average molecular weight is 271 g/mol. The molecule has 0 aromatic heterocycles. The summed E-state index contributed by atoms with van der Waals surface area (Å²) in [7, 11) is 0. The Labute approximate surface area is 120 Å². The fourth-order valence-electron chi connectivity index (χ4n) is 2.11. The van der Waals surface area contributed by atoms with E-state index in [0.717, 1.165) is 17.9 Å². The van der Waals surface area contributed by atoms with Crippen molar-refractivity contribution in [1.29, 1.82) is 0 Å². The number of benzene rings is 2. The molecular formula is C17H21NO2. The van der Waals surface area contributed by atoms with Crippen molar-refractivity contribution in [2.75, 3.05) is 13.2 Å². The van der Waals surface area contributed by atoms with Gasteiger partial charge in [0, 0.05) is 6.54 Å². The number of aliphatic hydroxyl groups is 1. The first kappa shape index (κ1) is 14.6. The van der Waals surface area contributed by atoms with E-state index in [1.54, 1.807) is 0 Å². The molecule has 20 heavy (non-hydrogen) atoms. The van der Waals surface area contributed by atoms with Crippen molar-refractivity contribution in [2.45, 2.75) is 19.5 Å². The summed E-state index contributed by atoms with van der Waals surface area (Å²) in [4.78, 5) is 0. The molecule has 0 amide bonds. The van der Waals surface area contributed by atoms with Gasteiger partial charge in [-0.05, 0) is 30.2 Å². The van der Waals surface area contributed by atoms with Crippen LogP contribution in [0.3, 0.4) is 0 Å². The maximum Gasteiger partial charge on any atom is 0.119 e. The highest BCUT2D eigenvalue weighted by Crippen LogP contribution is 2.19. The van der Waals surface area contributed by atoms with E-state index >= 15 is 0 Å². The lowest BCUT2D eigenvalue weighted by molar-refractivity contribution is 0.243. The second-order valence-electron chi connectivity index (χ2n) is 4.61. The van der Waals surface area contributed by atoms with Crippen LogP contribution in [0.5, 0.6) is 5.75 Å². The van der Waals surface area contributed by atoms with Gasteiger partial charge in [-0.1, -0.05) is 42.5 Å². The van der Waals surface area contributed by atoms with Crippen molar-refractivity contribution in [3.8, 4) is 5.75 Å². The van der Waals surface area contributed by atoms with Crippen molar-refractivity contribution >= 4 is 0 Å². The van der Waals surface area contributed by atoms with Gasteiger partial charge in [-0.15, -0.1) is 0 Å². The smallest absolute Gasteiger partial charge is 0.119 e. The van der Waals surface area contributed by atoms with E-state index in [0.29, 0.717) is 6.61 Å². The Bertz CT molecular complexity index is 513. The van der Waals surface area contributed by atoms with Gasteiger partial charge in [0.2, 0.25) is 0 Å². The Balaban J connectivity index is 2.02. The van der Waals surface area contributed by atoms with Gasteiger partial charge in [-0.25, -0.2) is 0 Å². The van der Waals surface area contributed by atoms with Crippen molar-refractivity contribution < 1.29 is 9.84 Å². The molecule has 1 atom stereocenters. The van der Waals surface area contributed by atoms with Crippen LogP contribution in [-0.2, 0) is 6.54 Å². The molecule has 0 aliphatic heterocycles. The quantitative estimate of drug-likeness (QED) is 0.813. The number of aliphatic hydroxyl groups excluding tert-OH is 1. The SMILES string of the molecule is CCOc1cccc(C(CO)NCc2ccccc2)c1. The largest absolute Gasteiger partial charge is 0.494 e. The van der Waals surface area contributed by atoms with Crippen LogP contribution in [0.25, 0.3) is 0 Å². The van der Waals surface area contributed by atoms with Crippen LogP contribution in [0, 0.1) is 0 Å². The monoisotopic (exact) mass is 271 g/mol. The topological polar surface area (TPSA) is 41.5 Å². The summed E-state index contributed by atoms with van der Waals surface area (Å²) in [6, 6.07) is 17.9. The molecule has 0 heterocycles. The molecule has 2 N–H and O–H groups in total. The van der Waals surface area contributed by atoms with Crippen LogP contribution in [-0.4, -0.2) is 18.3 Å². The molecule has 0 aliphatic carbocycles. The highest BCUT2D eigenvalue weighted by Gasteiger charge is 2.10. The van der Waals surface area contributed by atoms with Gasteiger partial charge < -0.3 is 15.2 Å². The molecule has 3 heteroatoms. The molecule has 3 nitrogen and oxygen atoms in total. The van der Waals surface area contributed by atoms with Crippen molar-refractivity contribution in [3.05, 3.63) is 65.7 Å². The van der Waals surface area contributed by atoms with E-state index < -0.39 is 0 Å². The van der Waals surface area contributed by atoms with E-state index in [-0.39, 0.29) is 12.6 Å². The van der Waals surface area contributed by atoms with Gasteiger partial charge in [-0.2, -0.15) is 0 Å². The molecule has 106 valence electrons. The molecule has 0 bridgehead atoms. The van der Waals surface area contributed by atoms with Crippen molar-refractivity contribution in [1.82, 2.24) is 5.32 Å². The van der Waals surface area contributed by atoms with Crippen LogP contribution in [0.2, 0.25) is 0 Å². The third-order valence-electron chi connectivity index (χ3n) is 3.15. The lowest BCUT2D eigenvalue weighted by Crippen LogP contribution is -2.24. The highest BCUT2D eigenvalue weighted by molar-refractivity contribution is 5.30. The number of rotatable bonds is 7. The van der Waals surface area contributed by atoms with Crippen molar-refractivity contribution in [3.63, 3.8) is 0 Å². The minimum atomic E-state index is -0.0874. The van der Waals surface area contributed by atoms with Crippen LogP contribution >= 0.6 is 0 Å². The molecule has 2 aromatic rings. The Morgan fingerprint density at radius 1 is 1.10 bits per heavy atom. The zero-order valence-electron chi connectivity index (χ0n) is 11.8. The Morgan fingerprint density at radius 3 is 2.60 bits per heavy atom. The van der Waals surface area contributed by atoms with Crippen molar-refractivity contribution in [2.24, 2.45) is 0 Å². The van der Waals surface area contributed by atoms with Gasteiger partial charge in [0.25, 0.3) is 0 Å². The van der Waals surface area contributed by atoms with E-state index in [1.165, 1.54) is 5.56 Å². The second-order valence-corrected chi connectivity index (χ2v) is 4.61. The number of ether oxygens (including phenoxy) is 1. The summed E-state index contributed by atoms with van der Waals surface area (Å²) in [6.45, 7) is 3.39. The molecule has 2 aromatic carbocycles. The molecule has 0 spiro atoms. The zero-order valence-corrected chi connectivity index (χ0v) is 11.8. The molecule has 0 aliphatic rings. The summed E-state index contributed by atoms with van der Waals surface area (Å²) in [5, 5.41) is 12.9. The van der Waals surface area contributed by atoms with Gasteiger partial charge in [0.1, 0.15) is 5.75 Å². The normalized spacial score (nSPS) is 12.1. The summed E-state index contributed by atoms with van der Waals surface area (Å²) >= 11 is 0. The van der Waals surface area contributed by atoms with Gasteiger partial charge in [0.05, 0.1) is 19.3 Å². The summed E-state index contributed by atoms with van der Waals surface area (Å²) in [5.41, 5.74) is 2.24. The van der Waals surface area contributed by atoms with E-state index in [2.05, 4.69) is 17.4 Å². The minimum absolute atomic E-state index is 0.0579. The first-order valence-corrected chi connectivity index (χ1v) is 6.94. The summed E-state index contributed by atoms with van der Waals surface area (Å²) in [6.07, 6.45) is 0. The Morgan fingerprint density at radius 2 is 1.90 bits per heavy atom. The molecule has 0 fully saturated rings. The minimum Gasteiger partial charge on any atom is -0.494 e. The molecule has 0 saturated heterocycles. The number of hydrogen-bond acceptors (Lipinski definition) is 3. The molecule has 2 rings (SSSR count). The summed E-state index contributed by atoms with van der Waals surface area (Å²) < 4.78 is 5.49. The maximum atomic E-state index is 9.57. The molecule has 1 unspecified atom stereocenters. The number of nitrogens with one attached hydrogen (secondary N) is 1. The van der Waals surface area contributed by atoms with E-state index in [4.69, 9.17) is 4.74 Å². The molecular weight excluding hydrogens is 250 g/mol. The fourth-order valence-corrected chi connectivity index (χ4v) is 2.11. The third-order valence-corrected chi connectivity index (χ3v) is 3.15. The standard InChI is InChI=1S/C17H21NO2/c1-2-20-16-10-6-9-15(11-16)17(13-19)18-12-14-7-4-3-5-8-14/h3-11,17-19H,2,12-13H2,1H3. The van der Waals surface area contributed by atoms with E-state index in [9.17, 15) is 5.11 Å². The molecule has 0 radical (unpaired) electrons. The van der Waals surface area contributed by atoms with Gasteiger partial charge in [0.15, 0.2) is 0 Å². The second kappa shape index (κ2) is 7.68. The fraction of sp³-hybridized carbons (Fsp3) is 0.294. The van der Waals surface area contributed by atoms with Crippen LogP contribution in [0.1, 0.15) is 24.1 Å². The third kappa shape index (κ3) is 4.08. The Kier molecular flexibility index (Phi) is 5.59. The Hall–Kier alpha value is -1.84. The van der Waals surface area contributed by atoms with Crippen LogP contribution < -0.4 is 10.1 Å². The first-order valence-electron chi connectivity index (χ1n) is 6.94. The first-order chi connectivity index (χ1) is 9.83. The van der Waals surface area contributed by atoms with Crippen LogP contribution in [0.15, 0.2) is 54.6 Å². The lowest BCUT2D eigenvalue weighted by atomic mass is 10.1. The van der Waals surface area contributed by atoms with Gasteiger partial charge >= 0.3 is 0 Å². The maximum absolute atomic E-state index is 9.57. The average Bonchev–Trinajstić information content (AvgIpc) is 2.50. The summed E-state index contributed by atoms with van der Waals surface area (Å²) in [5.74, 6) is 0.838. The van der Waals surface area contributed by atoms with Crippen LogP contribution in [0.4, 0.5) is 0 Å². The predicted molar refractivity (Wildman–Crippen MR) is 80.7 cm³/mol. The van der Waals surface area contributed by atoms with E-state index in [1.807, 2.05) is 49.4 Å². The zero-order chi connectivity index (χ0) is 14.2. The predicted octanol–water partition coefficient (Wildman–Crippen LogP) is 2.91. The van der Waals surface area contributed by atoms with Gasteiger partial charge in [-0.3, -0.25) is 0 Å². The number of hydrogen-bond donors (Lipinski definition) is 2. The molecule has 0 saturated carbocycles. The highest BCUT2D eigenvalue weighted by atomic mass is 16.5.